The van der Waals surface area contributed by atoms with Crippen molar-refractivity contribution in [2.75, 3.05) is 20.3 Å². The van der Waals surface area contributed by atoms with Crippen molar-refractivity contribution in [1.82, 2.24) is 0 Å². The highest BCUT2D eigenvalue weighted by Gasteiger charge is 2.05. The van der Waals surface area contributed by atoms with E-state index in [1.807, 2.05) is 12.1 Å². The van der Waals surface area contributed by atoms with Gasteiger partial charge in [0, 0.05) is 12.7 Å². The van der Waals surface area contributed by atoms with E-state index >= 15 is 0 Å². The van der Waals surface area contributed by atoms with Gasteiger partial charge in [-0.1, -0.05) is 0 Å². The van der Waals surface area contributed by atoms with Crippen LogP contribution in [0.4, 0.5) is 4.39 Å². The summed E-state index contributed by atoms with van der Waals surface area (Å²) in [5, 5.41) is 2.12. The van der Waals surface area contributed by atoms with Crippen molar-refractivity contribution in [3.63, 3.8) is 0 Å². The van der Waals surface area contributed by atoms with Gasteiger partial charge in [0.2, 0.25) is 0 Å². The Morgan fingerprint density at radius 1 is 1.17 bits per heavy atom. The Balaban J connectivity index is 1.95. The van der Waals surface area contributed by atoms with Crippen LogP contribution in [0.2, 0.25) is 0 Å². The topological polar surface area (TPSA) is 39.0 Å². The number of benzene rings is 1. The Bertz CT molecular complexity index is 479. The molecule has 1 aromatic heterocycles. The Kier molecular flexibility index (Phi) is 4.50. The molecule has 0 amide bonds. The molecule has 2 N–H and O–H groups in total. The van der Waals surface area contributed by atoms with Gasteiger partial charge in [-0.25, -0.2) is 4.39 Å². The molecule has 0 unspecified atom stereocenters. The minimum absolute atomic E-state index is 0.238. The van der Waals surface area contributed by atoms with Crippen LogP contribution in [-0.4, -0.2) is 20.3 Å². The van der Waals surface area contributed by atoms with Crippen LogP contribution in [0.5, 0.6) is 0 Å². The van der Waals surface area contributed by atoms with E-state index in [-0.39, 0.29) is 5.82 Å². The van der Waals surface area contributed by atoms with Crippen LogP contribution in [0.15, 0.2) is 40.8 Å². The number of rotatable bonds is 6. The number of methoxy groups -OCH3 is 1. The van der Waals surface area contributed by atoms with Gasteiger partial charge in [-0.05, 0) is 36.4 Å². The van der Waals surface area contributed by atoms with Gasteiger partial charge in [0.05, 0.1) is 13.2 Å². The third-order valence-corrected chi connectivity index (χ3v) is 2.66. The lowest BCUT2D eigenvalue weighted by atomic mass is 10.2. The second-order valence-corrected chi connectivity index (χ2v) is 4.05. The number of furan rings is 1. The minimum atomic E-state index is -0.238. The molecular weight excluding hydrogens is 233 g/mol. The number of quaternary nitrogens is 1. The van der Waals surface area contributed by atoms with Gasteiger partial charge in [-0.3, -0.25) is 0 Å². The van der Waals surface area contributed by atoms with E-state index in [2.05, 4.69) is 5.32 Å². The molecule has 96 valence electrons. The van der Waals surface area contributed by atoms with Crippen molar-refractivity contribution in [3.05, 3.63) is 48.0 Å². The van der Waals surface area contributed by atoms with Crippen molar-refractivity contribution in [2.24, 2.45) is 0 Å². The third kappa shape index (κ3) is 3.42. The molecule has 0 aliphatic carbocycles. The van der Waals surface area contributed by atoms with Crippen molar-refractivity contribution in [2.45, 2.75) is 6.54 Å². The highest BCUT2D eigenvalue weighted by molar-refractivity contribution is 5.57. The lowest BCUT2D eigenvalue weighted by Crippen LogP contribution is -2.83. The fourth-order valence-electron chi connectivity index (χ4n) is 1.70. The molecule has 0 saturated heterocycles. The number of hydrogen-bond donors (Lipinski definition) is 1. The van der Waals surface area contributed by atoms with Gasteiger partial charge < -0.3 is 14.5 Å². The van der Waals surface area contributed by atoms with Crippen LogP contribution in [0.25, 0.3) is 11.3 Å². The second-order valence-electron chi connectivity index (χ2n) is 4.05. The largest absolute Gasteiger partial charge is 0.455 e. The van der Waals surface area contributed by atoms with Crippen LogP contribution >= 0.6 is 0 Å². The monoisotopic (exact) mass is 250 g/mol. The number of ether oxygens (including phenoxy) is 1. The zero-order valence-corrected chi connectivity index (χ0v) is 10.4. The first-order valence-electron chi connectivity index (χ1n) is 5.95. The number of nitrogens with two attached hydrogens (primary N) is 1. The quantitative estimate of drug-likeness (QED) is 0.794. The molecule has 0 radical (unpaired) electrons. The first-order chi connectivity index (χ1) is 8.79. The first-order valence-corrected chi connectivity index (χ1v) is 5.95. The van der Waals surface area contributed by atoms with Gasteiger partial charge in [0.15, 0.2) is 5.76 Å². The fraction of sp³-hybridized carbons (Fsp3) is 0.286. The minimum Gasteiger partial charge on any atom is -0.455 e. The average Bonchev–Trinajstić information content (AvgIpc) is 2.84. The van der Waals surface area contributed by atoms with Crippen LogP contribution in [0, 0.1) is 5.82 Å². The summed E-state index contributed by atoms with van der Waals surface area (Å²) in [5.41, 5.74) is 0.888. The Morgan fingerprint density at radius 2 is 1.94 bits per heavy atom. The molecule has 0 bridgehead atoms. The lowest BCUT2D eigenvalue weighted by molar-refractivity contribution is -0.673. The van der Waals surface area contributed by atoms with Crippen molar-refractivity contribution >= 4 is 0 Å². The van der Waals surface area contributed by atoms with Crippen LogP contribution in [0.1, 0.15) is 5.76 Å². The molecule has 0 spiro atoms. The summed E-state index contributed by atoms with van der Waals surface area (Å²) in [4.78, 5) is 0. The molecule has 2 aromatic rings. The van der Waals surface area contributed by atoms with E-state index in [0.29, 0.717) is 0 Å². The maximum absolute atomic E-state index is 12.8. The number of halogens is 1. The van der Waals surface area contributed by atoms with Crippen molar-refractivity contribution in [3.8, 4) is 11.3 Å². The summed E-state index contributed by atoms with van der Waals surface area (Å²) in [6.07, 6.45) is 0. The SMILES string of the molecule is COCC[NH2+]Cc1ccc(-c2ccc(F)cc2)o1. The summed E-state index contributed by atoms with van der Waals surface area (Å²) >= 11 is 0. The standard InChI is InChI=1S/C14H16FNO2/c1-17-9-8-16-10-13-6-7-14(18-13)11-2-4-12(15)5-3-11/h2-7,16H,8-10H2,1H3/p+1. The van der Waals surface area contributed by atoms with Gasteiger partial charge in [-0.15, -0.1) is 0 Å². The highest BCUT2D eigenvalue weighted by Crippen LogP contribution is 2.21. The fourth-order valence-corrected chi connectivity index (χ4v) is 1.70. The zero-order chi connectivity index (χ0) is 12.8. The summed E-state index contributed by atoms with van der Waals surface area (Å²) in [6, 6.07) is 10.2. The Labute approximate surface area is 106 Å². The Hall–Kier alpha value is -1.65. The molecule has 1 heterocycles. The molecule has 0 saturated carbocycles. The van der Waals surface area contributed by atoms with E-state index < -0.39 is 0 Å². The predicted octanol–water partition coefficient (Wildman–Crippen LogP) is 1.80. The first kappa shape index (κ1) is 12.8. The lowest BCUT2D eigenvalue weighted by Gasteiger charge is -1.99. The summed E-state index contributed by atoms with van der Waals surface area (Å²) < 4.78 is 23.5. The van der Waals surface area contributed by atoms with E-state index in [1.165, 1.54) is 12.1 Å². The second kappa shape index (κ2) is 6.33. The van der Waals surface area contributed by atoms with E-state index in [1.54, 1.807) is 19.2 Å². The van der Waals surface area contributed by atoms with Gasteiger partial charge in [-0.2, -0.15) is 0 Å². The zero-order valence-electron chi connectivity index (χ0n) is 10.4. The molecule has 18 heavy (non-hydrogen) atoms. The molecule has 4 heteroatoms. The smallest absolute Gasteiger partial charge is 0.158 e. The average molecular weight is 250 g/mol. The van der Waals surface area contributed by atoms with E-state index in [0.717, 1.165) is 36.8 Å². The van der Waals surface area contributed by atoms with Crippen molar-refractivity contribution in [1.29, 1.82) is 0 Å². The maximum atomic E-state index is 12.8. The van der Waals surface area contributed by atoms with Gasteiger partial charge >= 0.3 is 0 Å². The molecule has 3 nitrogen and oxygen atoms in total. The van der Waals surface area contributed by atoms with E-state index in [4.69, 9.17) is 9.15 Å². The summed E-state index contributed by atoms with van der Waals surface area (Å²) in [6.45, 7) is 2.42. The third-order valence-electron chi connectivity index (χ3n) is 2.66. The van der Waals surface area contributed by atoms with Gasteiger partial charge in [0.25, 0.3) is 0 Å². The summed E-state index contributed by atoms with van der Waals surface area (Å²) in [7, 11) is 1.69. The molecule has 2 rings (SSSR count). The molecule has 0 atom stereocenters. The molecule has 0 aliphatic rings. The van der Waals surface area contributed by atoms with Crippen LogP contribution < -0.4 is 5.32 Å². The van der Waals surface area contributed by atoms with Gasteiger partial charge in [0.1, 0.15) is 18.1 Å². The number of hydrogen-bond acceptors (Lipinski definition) is 2. The summed E-state index contributed by atoms with van der Waals surface area (Å²) in [5.74, 6) is 1.44. The highest BCUT2D eigenvalue weighted by atomic mass is 19.1. The normalized spacial score (nSPS) is 10.8. The van der Waals surface area contributed by atoms with E-state index in [9.17, 15) is 4.39 Å². The van der Waals surface area contributed by atoms with Crippen LogP contribution in [-0.2, 0) is 11.3 Å². The molecular formula is C14H17FNO2+. The molecule has 0 aliphatic heterocycles. The molecule has 1 aromatic carbocycles. The molecule has 0 fully saturated rings. The van der Waals surface area contributed by atoms with Crippen molar-refractivity contribution < 1.29 is 18.9 Å². The van der Waals surface area contributed by atoms with Crippen LogP contribution in [0.3, 0.4) is 0 Å². The predicted molar refractivity (Wildman–Crippen MR) is 66.5 cm³/mol. The Morgan fingerprint density at radius 3 is 2.67 bits per heavy atom. The maximum Gasteiger partial charge on any atom is 0.158 e.